The van der Waals surface area contributed by atoms with E-state index in [-0.39, 0.29) is 90.6 Å². The van der Waals surface area contributed by atoms with Crippen LogP contribution in [-0.4, -0.2) is 15.5 Å². The Labute approximate surface area is 733 Å². The zero-order valence-corrected chi connectivity index (χ0v) is 67.2. The van der Waals surface area contributed by atoms with Gasteiger partial charge in [0.1, 0.15) is 0 Å². The molecule has 0 saturated heterocycles. The van der Waals surface area contributed by atoms with Gasteiger partial charge in [0, 0.05) is 88.1 Å². The van der Waals surface area contributed by atoms with Crippen molar-refractivity contribution in [1.29, 1.82) is 0 Å². The van der Waals surface area contributed by atoms with E-state index in [1.807, 2.05) is 118 Å². The first-order valence-electron chi connectivity index (χ1n) is 48.8. The predicted molar refractivity (Wildman–Crippen MR) is 526 cm³/mol. The molecule has 0 fully saturated rings. The van der Waals surface area contributed by atoms with Crippen molar-refractivity contribution < 1.29 is 19.2 Å². The minimum absolute atomic E-state index is 0.0265. The SMILES string of the molecule is [2H]c1c([2H])c([2H])c2c(c1[2H])c1c([2H])c([2H])c([2H])c3c4ccccc4c4ccccc4c4cc5c(cc4n2c31)N(c1c(-c2ccccc2)cc(-c2ccccc2)cc1-c1ccccc1)c1cc(C(C)(C)C)cc2c1B5c1cc3c4ccccc4c4ccccc4c4c([2H])c([2H])c([2H])c5c6c([2H])c([2H])c([2H])c([2H])c6n(c3cc1N2c1c(-c2ccccc2)cc(-c2ccccc2)cc1-c1ccccc1)c45. The molecule has 0 atom stereocenters. The summed E-state index contributed by atoms with van der Waals surface area (Å²) in [6.07, 6.45) is 0. The van der Waals surface area contributed by atoms with Crippen LogP contribution in [0.4, 0.5) is 34.1 Å². The van der Waals surface area contributed by atoms with E-state index in [9.17, 15) is 19.2 Å². The van der Waals surface area contributed by atoms with Gasteiger partial charge in [-0.1, -0.05) is 384 Å². The molecule has 0 N–H and O–H groups in total. The molecule has 574 valence electrons. The second kappa shape index (κ2) is 27.5. The Morgan fingerprint density at radius 2 is 0.496 bits per heavy atom. The summed E-state index contributed by atoms with van der Waals surface area (Å²) in [7, 11) is 0. The molecule has 123 heavy (non-hydrogen) atoms. The second-order valence-electron chi connectivity index (χ2n) is 33.4. The van der Waals surface area contributed by atoms with E-state index in [0.29, 0.717) is 54.7 Å². The number of hydrogen-bond acceptors (Lipinski definition) is 2. The highest BCUT2D eigenvalue weighted by atomic mass is 15.2. The molecule has 0 amide bonds. The lowest BCUT2D eigenvalue weighted by Crippen LogP contribution is -2.61. The summed E-state index contributed by atoms with van der Waals surface area (Å²) >= 11 is 0. The van der Waals surface area contributed by atoms with Crippen molar-refractivity contribution in [3.63, 3.8) is 0 Å². The lowest BCUT2D eigenvalue weighted by atomic mass is 9.33. The highest BCUT2D eigenvalue weighted by molar-refractivity contribution is 7.00. The van der Waals surface area contributed by atoms with Crippen molar-refractivity contribution in [3.8, 4) is 66.8 Å². The van der Waals surface area contributed by atoms with Crippen molar-refractivity contribution in [2.24, 2.45) is 0 Å². The molecule has 0 unspecified atom stereocenters. The van der Waals surface area contributed by atoms with Gasteiger partial charge in [0.25, 0.3) is 6.71 Å². The van der Waals surface area contributed by atoms with Crippen LogP contribution in [0.2, 0.25) is 0 Å². The first-order chi connectivity index (χ1) is 66.5. The number of nitrogens with zero attached hydrogens (tertiary/aromatic N) is 4. The molecule has 19 aromatic carbocycles. The van der Waals surface area contributed by atoms with Gasteiger partial charge in [0.05, 0.1) is 63.7 Å². The summed E-state index contributed by atoms with van der Waals surface area (Å²) in [4.78, 5) is 4.91. The van der Waals surface area contributed by atoms with Crippen LogP contribution in [0.25, 0.3) is 186 Å². The normalized spacial score (nSPS) is 14.2. The number of para-hydroxylation sites is 4. The number of rotatable bonds is 8. The van der Waals surface area contributed by atoms with Crippen LogP contribution >= 0.6 is 0 Å². The fourth-order valence-corrected chi connectivity index (χ4v) is 20.3. The number of benzene rings is 19. The molecule has 0 radical (unpaired) electrons. The smallest absolute Gasteiger partial charge is 0.252 e. The van der Waals surface area contributed by atoms with Crippen molar-refractivity contribution in [2.45, 2.75) is 26.2 Å². The monoisotopic (exact) mass is 1580 g/mol. The fraction of sp³-hybridized carbons (Fsp3) is 0.0339. The zero-order valence-electron chi connectivity index (χ0n) is 81.2. The molecule has 4 aromatic heterocycles. The molecular weight excluding hydrogens is 1480 g/mol. The molecule has 25 rings (SSSR count). The summed E-state index contributed by atoms with van der Waals surface area (Å²) in [6.45, 7) is 5.82. The Bertz CT molecular complexity index is 8730. The van der Waals surface area contributed by atoms with Gasteiger partial charge in [-0.15, -0.1) is 0 Å². The molecule has 5 heteroatoms. The van der Waals surface area contributed by atoms with Crippen molar-refractivity contribution >= 4 is 177 Å². The highest BCUT2D eigenvalue weighted by Gasteiger charge is 2.47. The third-order valence-electron chi connectivity index (χ3n) is 25.7. The van der Waals surface area contributed by atoms with Crippen molar-refractivity contribution in [1.82, 2.24) is 8.80 Å². The van der Waals surface area contributed by atoms with Gasteiger partial charge in [-0.3, -0.25) is 0 Å². The molecule has 2 aliphatic rings. The van der Waals surface area contributed by atoms with Crippen LogP contribution in [0.3, 0.4) is 0 Å². The average molecular weight is 1580 g/mol. The lowest BCUT2D eigenvalue weighted by molar-refractivity contribution is 0.590. The van der Waals surface area contributed by atoms with E-state index in [2.05, 4.69) is 261 Å². The average Bonchev–Trinajstić information content (AvgIpc) is 1.66. The van der Waals surface area contributed by atoms with Gasteiger partial charge in [-0.25, -0.2) is 0 Å². The Morgan fingerprint density at radius 1 is 0.228 bits per heavy atom. The minimum Gasteiger partial charge on any atom is -0.310 e. The summed E-state index contributed by atoms with van der Waals surface area (Å²) < 4.78 is 146. The Hall–Kier alpha value is -15.6. The molecule has 2 aliphatic heterocycles. The first kappa shape index (κ1) is 57.5. The molecule has 6 heterocycles. The maximum atomic E-state index is 10.6. The van der Waals surface area contributed by atoms with Gasteiger partial charge < -0.3 is 18.6 Å². The van der Waals surface area contributed by atoms with Crippen LogP contribution in [0.15, 0.2) is 424 Å². The van der Waals surface area contributed by atoms with Gasteiger partial charge in [-0.05, 0) is 176 Å². The third-order valence-corrected chi connectivity index (χ3v) is 25.7. The summed E-state index contributed by atoms with van der Waals surface area (Å²) in [5.41, 5.74) is 19.3. The van der Waals surface area contributed by atoms with Crippen molar-refractivity contribution in [3.05, 3.63) is 430 Å². The molecule has 0 aliphatic carbocycles. The number of aromatic nitrogens is 2. The van der Waals surface area contributed by atoms with Crippen LogP contribution < -0.4 is 26.2 Å². The van der Waals surface area contributed by atoms with E-state index in [1.54, 1.807) is 0 Å². The molecule has 0 bridgehead atoms. The van der Waals surface area contributed by atoms with Gasteiger partial charge in [0.15, 0.2) is 0 Å². The number of hydrogen-bond donors (Lipinski definition) is 0. The van der Waals surface area contributed by atoms with Crippen LogP contribution in [-0.2, 0) is 5.41 Å². The Morgan fingerprint density at radius 3 is 0.813 bits per heavy atom. The number of anilines is 6. The highest BCUT2D eigenvalue weighted by Crippen LogP contribution is 2.57. The lowest BCUT2D eigenvalue weighted by Gasteiger charge is -2.46. The quantitative estimate of drug-likeness (QED) is 0.141. The molecule has 0 spiro atoms. The largest absolute Gasteiger partial charge is 0.310 e. The van der Waals surface area contributed by atoms with Gasteiger partial charge in [-0.2, -0.15) is 0 Å². The minimum atomic E-state index is -0.887. The zero-order chi connectivity index (χ0) is 93.5. The van der Waals surface area contributed by atoms with Gasteiger partial charge >= 0.3 is 0 Å². The standard InChI is InChI=1S/C118H79BN4/c1-118(2,3)82-68-111-113-112(69-82)123(117-99(78-44-18-8-19-45-78)66-81(75-38-12-5-13-39-75)67-100(117)79-46-20-9-21-47-79)110-73-108-102(90-55-29-25-51-86(90)84-49-23-27-53-88(84)94-59-35-61-96-92-57-31-33-63-106(92)121(108)115(94)96)71-104(110)119(113)103-70-101-89-54-28-24-50-85(89)83-48-22-26-52-87(83)93-58-34-60-95-91-56-30-32-62-105(91)120(114(93)95)107(101)72-109(103)122(111)116-97(76-40-14-6-15-41-76)64-80(74-36-10-4-11-37-74)65-98(116)77-42-16-7-17-43-77/h4-73H,1-3H3/i30D,31D,32D,33D,34D,35D,56D,57D,58D,59D,60D,61D,62D,63D. The molecular formula is C118H79BN4. The van der Waals surface area contributed by atoms with E-state index in [0.717, 1.165) is 133 Å². The molecule has 0 saturated carbocycles. The molecule has 23 aromatic rings. The van der Waals surface area contributed by atoms with E-state index in [4.69, 9.17) is 0 Å². The van der Waals surface area contributed by atoms with E-state index < -0.39 is 60.5 Å². The summed E-state index contributed by atoms with van der Waals surface area (Å²) in [5.74, 6) is 0. The van der Waals surface area contributed by atoms with Crippen LogP contribution in [0, 0.1) is 0 Å². The number of fused-ring (bicyclic) bond motifs is 24. The first-order valence-corrected chi connectivity index (χ1v) is 41.8. The third kappa shape index (κ3) is 10.8. The predicted octanol–water partition coefficient (Wildman–Crippen LogP) is 30.2. The summed E-state index contributed by atoms with van der Waals surface area (Å²) in [5, 5.41) is 7.43. The topological polar surface area (TPSA) is 15.3 Å². The maximum Gasteiger partial charge on any atom is 0.252 e. The van der Waals surface area contributed by atoms with E-state index in [1.165, 1.54) is 0 Å². The van der Waals surface area contributed by atoms with Gasteiger partial charge in [0.2, 0.25) is 0 Å². The second-order valence-corrected chi connectivity index (χ2v) is 33.4. The van der Waals surface area contributed by atoms with E-state index >= 15 is 0 Å². The van der Waals surface area contributed by atoms with Crippen LogP contribution in [0.5, 0.6) is 0 Å². The molecule has 4 nitrogen and oxygen atoms in total. The van der Waals surface area contributed by atoms with Crippen LogP contribution in [0.1, 0.15) is 45.5 Å². The maximum absolute atomic E-state index is 10.6. The Kier molecular flexibility index (Phi) is 12.9. The Balaban J connectivity index is 0.996. The fourth-order valence-electron chi connectivity index (χ4n) is 20.3. The summed E-state index contributed by atoms with van der Waals surface area (Å²) in [6, 6.07) is 112. The van der Waals surface area contributed by atoms with Crippen molar-refractivity contribution in [2.75, 3.05) is 9.80 Å².